The fourth-order valence-electron chi connectivity index (χ4n) is 1.41. The summed E-state index contributed by atoms with van der Waals surface area (Å²) in [5.41, 5.74) is 2.04. The van der Waals surface area contributed by atoms with Crippen LogP contribution in [-0.4, -0.2) is 25.3 Å². The minimum Gasteiger partial charge on any atom is -0.395 e. The lowest BCUT2D eigenvalue weighted by Crippen LogP contribution is -2.18. The molecule has 0 unspecified atom stereocenters. The largest absolute Gasteiger partial charge is 0.395 e. The maximum Gasteiger partial charge on any atom is 0.0791 e. The molecule has 0 aromatic heterocycles. The predicted molar refractivity (Wildman–Crippen MR) is 71.7 cm³/mol. The van der Waals surface area contributed by atoms with Crippen molar-refractivity contribution in [3.63, 3.8) is 0 Å². The zero-order chi connectivity index (χ0) is 12.5. The van der Waals surface area contributed by atoms with Gasteiger partial charge in [0.1, 0.15) is 0 Å². The molecule has 0 aliphatic heterocycles. The van der Waals surface area contributed by atoms with E-state index in [-0.39, 0.29) is 6.61 Å². The normalized spacial score (nSPS) is 8.65. The van der Waals surface area contributed by atoms with E-state index in [1.165, 1.54) is 0 Å². The second-order valence-corrected chi connectivity index (χ2v) is 3.58. The Labute approximate surface area is 103 Å². The number of rotatable bonds is 3. The molecule has 0 spiro atoms. The third kappa shape index (κ3) is 4.23. The van der Waals surface area contributed by atoms with Gasteiger partial charge in [-0.25, -0.2) is 0 Å². The van der Waals surface area contributed by atoms with Crippen LogP contribution in [0.1, 0.15) is 18.9 Å². The fraction of sp³-hybridized carbons (Fsp3) is 0.333. The monoisotopic (exact) mass is 227 g/mol. The third-order valence-corrected chi connectivity index (χ3v) is 2.27. The van der Waals surface area contributed by atoms with Gasteiger partial charge in [0.2, 0.25) is 0 Å². The molecule has 0 amide bonds. The average molecular weight is 227 g/mol. The van der Waals surface area contributed by atoms with E-state index >= 15 is 0 Å². The van der Waals surface area contributed by atoms with Gasteiger partial charge in [0.25, 0.3) is 0 Å². The Bertz CT molecular complexity index is 471. The Balaban J connectivity index is 2.90. The quantitative estimate of drug-likeness (QED) is 0.797. The Morgan fingerprint density at radius 3 is 2.71 bits per heavy atom. The highest BCUT2D eigenvalue weighted by atomic mass is 16.2. The van der Waals surface area contributed by atoms with E-state index < -0.39 is 0 Å². The van der Waals surface area contributed by atoms with Crippen LogP contribution in [0.15, 0.2) is 24.3 Å². The zero-order valence-electron chi connectivity index (χ0n) is 10.3. The first kappa shape index (κ1) is 13.2. The summed E-state index contributed by atoms with van der Waals surface area (Å²) in [4.78, 5) is 2.07. The number of nitrogens with zero attached hydrogens (tertiary/aromatic N) is 1. The predicted octanol–water partition coefficient (Wildman–Crippen LogP) is 1.88. The van der Waals surface area contributed by atoms with Crippen molar-refractivity contribution < 1.29 is 5.11 Å². The molecule has 0 fully saturated rings. The van der Waals surface area contributed by atoms with E-state index in [0.717, 1.165) is 11.3 Å². The van der Waals surface area contributed by atoms with Crippen LogP contribution in [0.2, 0.25) is 0 Å². The number of hydrogen-bond acceptors (Lipinski definition) is 2. The second kappa shape index (κ2) is 7.39. The second-order valence-electron chi connectivity index (χ2n) is 3.58. The third-order valence-electron chi connectivity index (χ3n) is 2.27. The van der Waals surface area contributed by atoms with Gasteiger partial charge in [0.05, 0.1) is 18.8 Å². The average Bonchev–Trinajstić information content (AvgIpc) is 2.37. The molecule has 0 saturated carbocycles. The van der Waals surface area contributed by atoms with Crippen LogP contribution in [0, 0.1) is 23.7 Å². The molecule has 2 nitrogen and oxygen atoms in total. The van der Waals surface area contributed by atoms with Crippen molar-refractivity contribution in [1.29, 1.82) is 0 Å². The topological polar surface area (TPSA) is 23.5 Å². The van der Waals surface area contributed by atoms with Crippen molar-refractivity contribution in [2.24, 2.45) is 0 Å². The van der Waals surface area contributed by atoms with Gasteiger partial charge in [-0.05, 0) is 19.1 Å². The molecule has 1 aromatic rings. The van der Waals surface area contributed by atoms with Crippen LogP contribution in [0.3, 0.4) is 0 Å². The molecular weight excluding hydrogens is 210 g/mol. The number of anilines is 1. The summed E-state index contributed by atoms with van der Waals surface area (Å²) in [6.45, 7) is 2.63. The maximum absolute atomic E-state index is 8.71. The minimum atomic E-state index is 0.103. The van der Waals surface area contributed by atoms with Crippen LogP contribution in [-0.2, 0) is 0 Å². The van der Waals surface area contributed by atoms with Gasteiger partial charge in [-0.3, -0.25) is 0 Å². The molecule has 88 valence electrons. The SMILES string of the molecule is CC#CCN(C)c1ccccc1C#CCCO. The molecule has 0 saturated heterocycles. The number of aliphatic hydroxyl groups is 1. The summed E-state index contributed by atoms with van der Waals surface area (Å²) in [5, 5.41) is 8.71. The Morgan fingerprint density at radius 2 is 2.00 bits per heavy atom. The lowest BCUT2D eigenvalue weighted by molar-refractivity contribution is 0.305. The summed E-state index contributed by atoms with van der Waals surface area (Å²) >= 11 is 0. The van der Waals surface area contributed by atoms with E-state index in [1.807, 2.05) is 38.2 Å². The molecule has 0 aliphatic rings. The number of benzene rings is 1. The van der Waals surface area contributed by atoms with Crippen molar-refractivity contribution in [1.82, 2.24) is 0 Å². The van der Waals surface area contributed by atoms with Crippen molar-refractivity contribution in [2.45, 2.75) is 13.3 Å². The van der Waals surface area contributed by atoms with E-state index in [1.54, 1.807) is 0 Å². The molecule has 0 aliphatic carbocycles. The first-order chi connectivity index (χ1) is 8.29. The van der Waals surface area contributed by atoms with Crippen LogP contribution >= 0.6 is 0 Å². The van der Waals surface area contributed by atoms with Gasteiger partial charge in [-0.1, -0.05) is 29.9 Å². The molecule has 0 heterocycles. The summed E-state index contributed by atoms with van der Waals surface area (Å²) in [6.07, 6.45) is 0.507. The molecule has 1 N–H and O–H groups in total. The van der Waals surface area contributed by atoms with E-state index in [4.69, 9.17) is 5.11 Å². The summed E-state index contributed by atoms with van der Waals surface area (Å²) in [6, 6.07) is 7.96. The standard InChI is InChI=1S/C15H17NO/c1-3-4-12-16(2)15-11-6-5-9-14(15)10-7-8-13-17/h5-6,9,11,17H,8,12-13H2,1-2H3. The van der Waals surface area contributed by atoms with Crippen LogP contribution in [0.4, 0.5) is 5.69 Å². The first-order valence-electron chi connectivity index (χ1n) is 5.59. The van der Waals surface area contributed by atoms with Gasteiger partial charge in [0, 0.05) is 19.0 Å². The Kier molecular flexibility index (Phi) is 5.72. The molecular formula is C15H17NO. The lowest BCUT2D eigenvalue weighted by atomic mass is 10.1. The lowest BCUT2D eigenvalue weighted by Gasteiger charge is -2.17. The van der Waals surface area contributed by atoms with E-state index in [9.17, 15) is 0 Å². The smallest absolute Gasteiger partial charge is 0.0791 e. The highest BCUT2D eigenvalue weighted by molar-refractivity contribution is 5.60. The van der Waals surface area contributed by atoms with Crippen LogP contribution in [0.25, 0.3) is 0 Å². The number of hydrogen-bond donors (Lipinski definition) is 1. The van der Waals surface area contributed by atoms with E-state index in [0.29, 0.717) is 13.0 Å². The van der Waals surface area contributed by atoms with Crippen LogP contribution < -0.4 is 4.90 Å². The summed E-state index contributed by atoms with van der Waals surface area (Å²) < 4.78 is 0. The molecule has 0 bridgehead atoms. The van der Waals surface area contributed by atoms with Crippen LogP contribution in [0.5, 0.6) is 0 Å². The highest BCUT2D eigenvalue weighted by Gasteiger charge is 2.02. The summed E-state index contributed by atoms with van der Waals surface area (Å²) in [5.74, 6) is 11.9. The van der Waals surface area contributed by atoms with Gasteiger partial charge in [0.15, 0.2) is 0 Å². The molecule has 0 atom stereocenters. The van der Waals surface area contributed by atoms with Crippen molar-refractivity contribution in [3.8, 4) is 23.7 Å². The van der Waals surface area contributed by atoms with Crippen molar-refractivity contribution >= 4 is 5.69 Å². The highest BCUT2D eigenvalue weighted by Crippen LogP contribution is 2.17. The maximum atomic E-state index is 8.71. The van der Waals surface area contributed by atoms with Gasteiger partial charge in [-0.2, -0.15) is 0 Å². The summed E-state index contributed by atoms with van der Waals surface area (Å²) in [7, 11) is 2.00. The zero-order valence-corrected chi connectivity index (χ0v) is 10.3. The molecule has 0 radical (unpaired) electrons. The Hall–Kier alpha value is -1.90. The van der Waals surface area contributed by atoms with Crippen molar-refractivity contribution in [3.05, 3.63) is 29.8 Å². The fourth-order valence-corrected chi connectivity index (χ4v) is 1.41. The van der Waals surface area contributed by atoms with Gasteiger partial charge < -0.3 is 10.0 Å². The first-order valence-corrected chi connectivity index (χ1v) is 5.59. The van der Waals surface area contributed by atoms with Crippen molar-refractivity contribution in [2.75, 3.05) is 25.1 Å². The molecule has 17 heavy (non-hydrogen) atoms. The van der Waals surface area contributed by atoms with Gasteiger partial charge in [-0.15, -0.1) is 5.92 Å². The molecule has 1 rings (SSSR count). The number of para-hydroxylation sites is 1. The molecule has 2 heteroatoms. The number of aliphatic hydroxyl groups excluding tert-OH is 1. The minimum absolute atomic E-state index is 0.103. The molecule has 1 aromatic carbocycles. The van der Waals surface area contributed by atoms with E-state index in [2.05, 4.69) is 28.6 Å². The van der Waals surface area contributed by atoms with Gasteiger partial charge >= 0.3 is 0 Å². The Morgan fingerprint density at radius 1 is 1.24 bits per heavy atom.